The Hall–Kier alpha value is -3.85. The Balaban J connectivity index is 1.64. The number of rotatable bonds is 2. The molecule has 0 amide bonds. The van der Waals surface area contributed by atoms with E-state index < -0.39 is 0 Å². The molecule has 6 nitrogen and oxygen atoms in total. The van der Waals surface area contributed by atoms with Gasteiger partial charge in [0.1, 0.15) is 6.07 Å². The molecule has 0 atom stereocenters. The zero-order chi connectivity index (χ0) is 20.0. The lowest BCUT2D eigenvalue weighted by Gasteiger charge is -2.30. The Labute approximate surface area is 167 Å². The minimum Gasteiger partial charge on any atom is -0.465 e. The smallest absolute Gasteiger partial charge is 0.337 e. The van der Waals surface area contributed by atoms with Crippen molar-refractivity contribution in [1.82, 2.24) is 9.97 Å². The molecule has 1 N–H and O–H groups in total. The molecule has 2 aromatic heterocycles. The van der Waals surface area contributed by atoms with Crippen LogP contribution in [0.4, 0.5) is 5.69 Å². The normalized spacial score (nSPS) is 13.3. The van der Waals surface area contributed by atoms with Gasteiger partial charge in [-0.2, -0.15) is 5.26 Å². The average molecular weight is 382 g/mol. The minimum absolute atomic E-state index is 0.346. The summed E-state index contributed by atoms with van der Waals surface area (Å²) in [6.45, 7) is 1.45. The lowest BCUT2D eigenvalue weighted by Crippen LogP contribution is -2.31. The number of nitrogens with one attached hydrogen (secondary N) is 1. The highest BCUT2D eigenvalue weighted by molar-refractivity contribution is 5.97. The van der Waals surface area contributed by atoms with Gasteiger partial charge in [0.15, 0.2) is 0 Å². The third-order valence-electron chi connectivity index (χ3n) is 5.58. The molecule has 0 unspecified atom stereocenters. The Kier molecular flexibility index (Phi) is 3.95. The Morgan fingerprint density at radius 2 is 2.10 bits per heavy atom. The second-order valence-corrected chi connectivity index (χ2v) is 7.16. The van der Waals surface area contributed by atoms with Crippen LogP contribution in [0, 0.1) is 11.3 Å². The van der Waals surface area contributed by atoms with Crippen LogP contribution >= 0.6 is 0 Å². The molecule has 0 spiro atoms. The van der Waals surface area contributed by atoms with Gasteiger partial charge >= 0.3 is 5.97 Å². The molecule has 3 heterocycles. The van der Waals surface area contributed by atoms with Crippen LogP contribution in [0.3, 0.4) is 0 Å². The fraction of sp³-hybridized carbons (Fsp3) is 0.174. The van der Waals surface area contributed by atoms with E-state index in [1.807, 2.05) is 36.4 Å². The highest BCUT2D eigenvalue weighted by Crippen LogP contribution is 2.35. The van der Waals surface area contributed by atoms with Gasteiger partial charge in [0.2, 0.25) is 0 Å². The maximum atomic E-state index is 12.0. The van der Waals surface area contributed by atoms with E-state index in [9.17, 15) is 10.1 Å². The molecule has 142 valence electrons. The molecule has 4 aromatic rings. The highest BCUT2D eigenvalue weighted by Gasteiger charge is 2.24. The van der Waals surface area contributed by atoms with Crippen LogP contribution in [-0.2, 0) is 17.7 Å². The molecule has 2 aromatic carbocycles. The molecular formula is C23H18N4O2. The van der Waals surface area contributed by atoms with Crippen LogP contribution in [0.2, 0.25) is 0 Å². The van der Waals surface area contributed by atoms with E-state index in [0.717, 1.165) is 46.0 Å². The van der Waals surface area contributed by atoms with E-state index in [-0.39, 0.29) is 5.97 Å². The van der Waals surface area contributed by atoms with Crippen LogP contribution in [0.5, 0.6) is 0 Å². The maximum Gasteiger partial charge on any atom is 0.337 e. The number of pyridine rings is 1. The number of carbonyl (C=O) groups excluding carboxylic acids is 1. The van der Waals surface area contributed by atoms with Crippen molar-refractivity contribution >= 4 is 33.5 Å². The SMILES string of the molecule is COC(=O)c1ccc2[nH]c3c(c2c1)CN(c1c(C#N)cnc2ccccc12)CC3. The fourth-order valence-electron chi connectivity index (χ4n) is 4.20. The van der Waals surface area contributed by atoms with E-state index in [2.05, 4.69) is 20.9 Å². The molecule has 0 saturated heterocycles. The molecule has 6 heteroatoms. The summed E-state index contributed by atoms with van der Waals surface area (Å²) in [5.41, 5.74) is 6.23. The van der Waals surface area contributed by atoms with Crippen molar-refractivity contribution in [1.29, 1.82) is 5.26 Å². The highest BCUT2D eigenvalue weighted by atomic mass is 16.5. The van der Waals surface area contributed by atoms with Gasteiger partial charge in [-0.25, -0.2) is 4.79 Å². The van der Waals surface area contributed by atoms with E-state index in [4.69, 9.17) is 4.74 Å². The number of anilines is 1. The Morgan fingerprint density at radius 3 is 2.93 bits per heavy atom. The summed E-state index contributed by atoms with van der Waals surface area (Å²) in [7, 11) is 1.39. The molecular weight excluding hydrogens is 364 g/mol. The van der Waals surface area contributed by atoms with Crippen molar-refractivity contribution in [2.24, 2.45) is 0 Å². The fourth-order valence-corrected chi connectivity index (χ4v) is 4.20. The number of methoxy groups -OCH3 is 1. The Bertz CT molecular complexity index is 1320. The number of esters is 1. The van der Waals surface area contributed by atoms with Crippen molar-refractivity contribution in [2.75, 3.05) is 18.6 Å². The van der Waals surface area contributed by atoms with Gasteiger partial charge in [0, 0.05) is 53.3 Å². The molecule has 0 fully saturated rings. The van der Waals surface area contributed by atoms with Gasteiger partial charge in [-0.05, 0) is 24.3 Å². The van der Waals surface area contributed by atoms with E-state index in [1.165, 1.54) is 12.8 Å². The molecule has 1 aliphatic rings. The number of nitrogens with zero attached hydrogens (tertiary/aromatic N) is 3. The number of aromatic nitrogens is 2. The van der Waals surface area contributed by atoms with Gasteiger partial charge in [-0.1, -0.05) is 18.2 Å². The summed E-state index contributed by atoms with van der Waals surface area (Å²) >= 11 is 0. The Morgan fingerprint density at radius 1 is 1.24 bits per heavy atom. The van der Waals surface area contributed by atoms with Crippen LogP contribution in [0.15, 0.2) is 48.7 Å². The first kappa shape index (κ1) is 17.3. The number of carbonyl (C=O) groups is 1. The number of fused-ring (bicyclic) bond motifs is 4. The quantitative estimate of drug-likeness (QED) is 0.531. The second kappa shape index (κ2) is 6.64. The van der Waals surface area contributed by atoms with Crippen molar-refractivity contribution in [2.45, 2.75) is 13.0 Å². The van der Waals surface area contributed by atoms with E-state index >= 15 is 0 Å². The first-order valence-corrected chi connectivity index (χ1v) is 9.44. The molecule has 29 heavy (non-hydrogen) atoms. The summed E-state index contributed by atoms with van der Waals surface area (Å²) in [5, 5.41) is 11.7. The number of H-pyrrole nitrogens is 1. The van der Waals surface area contributed by atoms with Gasteiger partial charge in [-0.15, -0.1) is 0 Å². The average Bonchev–Trinajstić information content (AvgIpc) is 3.14. The lowest BCUT2D eigenvalue weighted by atomic mass is 10.0. The summed E-state index contributed by atoms with van der Waals surface area (Å²) in [5.74, 6) is -0.346. The predicted octanol–water partition coefficient (Wildman–Crippen LogP) is 3.94. The zero-order valence-corrected chi connectivity index (χ0v) is 15.9. The minimum atomic E-state index is -0.346. The molecule has 1 aliphatic heterocycles. The second-order valence-electron chi connectivity index (χ2n) is 7.16. The summed E-state index contributed by atoms with van der Waals surface area (Å²) < 4.78 is 4.87. The molecule has 5 rings (SSSR count). The summed E-state index contributed by atoms with van der Waals surface area (Å²) in [6, 6.07) is 15.8. The third kappa shape index (κ3) is 2.71. The van der Waals surface area contributed by atoms with Crippen LogP contribution in [-0.4, -0.2) is 29.6 Å². The summed E-state index contributed by atoms with van der Waals surface area (Å²) in [6.07, 6.45) is 2.48. The monoisotopic (exact) mass is 382 g/mol. The van der Waals surface area contributed by atoms with Crippen LogP contribution in [0.1, 0.15) is 27.2 Å². The first-order chi connectivity index (χ1) is 14.2. The van der Waals surface area contributed by atoms with Crippen LogP contribution < -0.4 is 4.90 Å². The molecule has 0 bridgehead atoms. The van der Waals surface area contributed by atoms with Gasteiger partial charge < -0.3 is 14.6 Å². The topological polar surface area (TPSA) is 82.0 Å². The van der Waals surface area contributed by atoms with Crippen molar-refractivity contribution in [3.63, 3.8) is 0 Å². The van der Waals surface area contributed by atoms with E-state index in [1.54, 1.807) is 12.3 Å². The lowest BCUT2D eigenvalue weighted by molar-refractivity contribution is 0.0601. The third-order valence-corrected chi connectivity index (χ3v) is 5.58. The number of hydrogen-bond acceptors (Lipinski definition) is 5. The molecule has 0 saturated carbocycles. The molecule has 0 radical (unpaired) electrons. The zero-order valence-electron chi connectivity index (χ0n) is 15.9. The largest absolute Gasteiger partial charge is 0.465 e. The van der Waals surface area contributed by atoms with Crippen molar-refractivity contribution in [3.05, 3.63) is 71.0 Å². The standard InChI is InChI=1S/C23H18N4O2/c1-29-23(28)14-6-7-20-17(10-14)18-13-27(9-8-21(18)26-20)22-15(11-24)12-25-19-5-3-2-4-16(19)22/h2-7,10,12,26H,8-9,13H2,1H3. The number of hydrogen-bond donors (Lipinski definition) is 1. The number of nitriles is 1. The number of ether oxygens (including phenoxy) is 1. The van der Waals surface area contributed by atoms with E-state index in [0.29, 0.717) is 17.7 Å². The number of benzene rings is 2. The van der Waals surface area contributed by atoms with Gasteiger partial charge in [0.05, 0.1) is 29.4 Å². The van der Waals surface area contributed by atoms with Crippen LogP contribution in [0.25, 0.3) is 21.8 Å². The van der Waals surface area contributed by atoms with Gasteiger partial charge in [-0.3, -0.25) is 4.98 Å². The van der Waals surface area contributed by atoms with Gasteiger partial charge in [0.25, 0.3) is 0 Å². The molecule has 0 aliphatic carbocycles. The summed E-state index contributed by atoms with van der Waals surface area (Å²) in [4.78, 5) is 22.1. The maximum absolute atomic E-state index is 12.0. The number of para-hydroxylation sites is 1. The van der Waals surface area contributed by atoms with Crippen molar-refractivity contribution < 1.29 is 9.53 Å². The number of aromatic amines is 1. The first-order valence-electron chi connectivity index (χ1n) is 9.44. The predicted molar refractivity (Wildman–Crippen MR) is 111 cm³/mol. The van der Waals surface area contributed by atoms with Crippen molar-refractivity contribution in [3.8, 4) is 6.07 Å².